The molecule has 0 spiro atoms. The van der Waals surface area contributed by atoms with Crippen LogP contribution in [0.5, 0.6) is 0 Å². The van der Waals surface area contributed by atoms with Gasteiger partial charge in [0.2, 0.25) is 0 Å². The Morgan fingerprint density at radius 3 is 2.94 bits per heavy atom. The van der Waals surface area contributed by atoms with Crippen molar-refractivity contribution >= 4 is 15.9 Å². The van der Waals surface area contributed by atoms with Crippen molar-refractivity contribution in [3.63, 3.8) is 0 Å². The molecule has 1 heterocycles. The van der Waals surface area contributed by atoms with Gasteiger partial charge < -0.3 is 10.1 Å². The maximum atomic E-state index is 5.48. The highest BCUT2D eigenvalue weighted by atomic mass is 79.9. The first-order valence-electron chi connectivity index (χ1n) is 5.73. The van der Waals surface area contributed by atoms with E-state index in [0.717, 1.165) is 19.6 Å². The van der Waals surface area contributed by atoms with E-state index < -0.39 is 0 Å². The predicted octanol–water partition coefficient (Wildman–Crippen LogP) is 3.05. The fourth-order valence-corrected chi connectivity index (χ4v) is 2.86. The van der Waals surface area contributed by atoms with E-state index in [-0.39, 0.29) is 0 Å². The van der Waals surface area contributed by atoms with Crippen LogP contribution in [0, 0.1) is 12.8 Å². The Morgan fingerprint density at radius 1 is 1.50 bits per heavy atom. The highest BCUT2D eigenvalue weighted by molar-refractivity contribution is 9.10. The van der Waals surface area contributed by atoms with Crippen molar-refractivity contribution < 1.29 is 4.74 Å². The van der Waals surface area contributed by atoms with Gasteiger partial charge >= 0.3 is 0 Å². The molecule has 1 aliphatic rings. The molecule has 1 aliphatic heterocycles. The van der Waals surface area contributed by atoms with E-state index in [9.17, 15) is 0 Å². The minimum Gasteiger partial charge on any atom is -0.381 e. The third-order valence-corrected chi connectivity index (χ3v) is 3.96. The molecule has 0 aromatic heterocycles. The molecule has 1 aromatic rings. The smallest absolute Gasteiger partial charge is 0.0513 e. The molecule has 0 aliphatic carbocycles. The Labute approximate surface area is 106 Å². The standard InChI is InChI=1S/C13H18BrNO/c1-9-3-4-12(14)11(7-9)13(15-2)10-5-6-16-8-10/h3-4,7,10,13,15H,5-6,8H2,1-2H3. The molecular formula is C13H18BrNO. The monoisotopic (exact) mass is 283 g/mol. The van der Waals surface area contributed by atoms with E-state index in [1.807, 2.05) is 7.05 Å². The number of nitrogens with one attached hydrogen (secondary N) is 1. The van der Waals surface area contributed by atoms with Gasteiger partial charge in [-0.15, -0.1) is 0 Å². The van der Waals surface area contributed by atoms with Crippen molar-refractivity contribution in [1.82, 2.24) is 5.32 Å². The van der Waals surface area contributed by atoms with E-state index in [4.69, 9.17) is 4.74 Å². The van der Waals surface area contributed by atoms with Gasteiger partial charge in [0.15, 0.2) is 0 Å². The zero-order valence-electron chi connectivity index (χ0n) is 9.79. The van der Waals surface area contributed by atoms with E-state index in [1.54, 1.807) is 0 Å². The van der Waals surface area contributed by atoms with Gasteiger partial charge in [0.1, 0.15) is 0 Å². The predicted molar refractivity (Wildman–Crippen MR) is 69.6 cm³/mol. The van der Waals surface area contributed by atoms with Crippen LogP contribution < -0.4 is 5.32 Å². The Kier molecular flexibility index (Phi) is 4.00. The third kappa shape index (κ3) is 2.47. The van der Waals surface area contributed by atoms with Crippen LogP contribution in [0.15, 0.2) is 22.7 Å². The second kappa shape index (κ2) is 5.30. The molecule has 1 saturated heterocycles. The average Bonchev–Trinajstić information content (AvgIpc) is 2.78. The van der Waals surface area contributed by atoms with Crippen LogP contribution in [0.25, 0.3) is 0 Å². The average molecular weight is 284 g/mol. The summed E-state index contributed by atoms with van der Waals surface area (Å²) in [7, 11) is 2.03. The molecular weight excluding hydrogens is 266 g/mol. The van der Waals surface area contributed by atoms with E-state index in [2.05, 4.69) is 46.4 Å². The lowest BCUT2D eigenvalue weighted by Crippen LogP contribution is -2.26. The molecule has 0 amide bonds. The zero-order valence-corrected chi connectivity index (χ0v) is 11.4. The van der Waals surface area contributed by atoms with Gasteiger partial charge in [-0.05, 0) is 32.0 Å². The number of hydrogen-bond acceptors (Lipinski definition) is 2. The molecule has 1 fully saturated rings. The normalized spacial score (nSPS) is 22.3. The molecule has 2 rings (SSSR count). The number of benzene rings is 1. The molecule has 3 heteroatoms. The van der Waals surface area contributed by atoms with Crippen molar-refractivity contribution in [2.75, 3.05) is 20.3 Å². The van der Waals surface area contributed by atoms with Gasteiger partial charge in [0.25, 0.3) is 0 Å². The molecule has 2 unspecified atom stereocenters. The van der Waals surface area contributed by atoms with Crippen LogP contribution in [-0.4, -0.2) is 20.3 Å². The Bertz CT molecular complexity index is 361. The SMILES string of the molecule is CNC(c1cc(C)ccc1Br)C1CCOC1. The van der Waals surface area contributed by atoms with E-state index in [1.165, 1.54) is 15.6 Å². The maximum absolute atomic E-state index is 5.48. The third-order valence-electron chi connectivity index (χ3n) is 3.23. The minimum absolute atomic E-state index is 0.386. The van der Waals surface area contributed by atoms with Gasteiger partial charge in [-0.1, -0.05) is 33.6 Å². The Hall–Kier alpha value is -0.380. The molecule has 1 aromatic carbocycles. The molecule has 2 atom stereocenters. The molecule has 1 N–H and O–H groups in total. The van der Waals surface area contributed by atoms with Gasteiger partial charge in [-0.3, -0.25) is 0 Å². The Morgan fingerprint density at radius 2 is 2.31 bits per heavy atom. The molecule has 0 radical (unpaired) electrons. The van der Waals surface area contributed by atoms with Gasteiger partial charge in [0.05, 0.1) is 6.61 Å². The number of aryl methyl sites for hydroxylation is 1. The molecule has 0 bridgehead atoms. The first-order valence-corrected chi connectivity index (χ1v) is 6.52. The second-order valence-electron chi connectivity index (χ2n) is 4.41. The summed E-state index contributed by atoms with van der Waals surface area (Å²) in [4.78, 5) is 0. The maximum Gasteiger partial charge on any atom is 0.0513 e. The lowest BCUT2D eigenvalue weighted by atomic mass is 9.92. The zero-order chi connectivity index (χ0) is 11.5. The summed E-state index contributed by atoms with van der Waals surface area (Å²) in [6.45, 7) is 3.89. The summed E-state index contributed by atoms with van der Waals surface area (Å²) in [6.07, 6.45) is 1.14. The van der Waals surface area contributed by atoms with Crippen molar-refractivity contribution in [2.45, 2.75) is 19.4 Å². The topological polar surface area (TPSA) is 21.3 Å². The first kappa shape index (κ1) is 12.1. The summed E-state index contributed by atoms with van der Waals surface area (Å²) in [5, 5.41) is 3.42. The minimum atomic E-state index is 0.386. The summed E-state index contributed by atoms with van der Waals surface area (Å²) in [5.41, 5.74) is 2.65. The van der Waals surface area contributed by atoms with Crippen molar-refractivity contribution in [2.24, 2.45) is 5.92 Å². The quantitative estimate of drug-likeness (QED) is 0.921. The molecule has 2 nitrogen and oxygen atoms in total. The van der Waals surface area contributed by atoms with Crippen molar-refractivity contribution in [3.8, 4) is 0 Å². The van der Waals surface area contributed by atoms with Crippen LogP contribution in [0.1, 0.15) is 23.6 Å². The largest absolute Gasteiger partial charge is 0.381 e. The second-order valence-corrected chi connectivity index (χ2v) is 5.27. The van der Waals surface area contributed by atoms with Crippen molar-refractivity contribution in [3.05, 3.63) is 33.8 Å². The molecule has 16 heavy (non-hydrogen) atoms. The first-order chi connectivity index (χ1) is 7.72. The Balaban J connectivity index is 2.28. The summed E-state index contributed by atoms with van der Waals surface area (Å²) in [5.74, 6) is 0.586. The lowest BCUT2D eigenvalue weighted by molar-refractivity contribution is 0.177. The summed E-state index contributed by atoms with van der Waals surface area (Å²) in [6, 6.07) is 6.90. The van der Waals surface area contributed by atoms with Crippen LogP contribution in [0.3, 0.4) is 0 Å². The van der Waals surface area contributed by atoms with E-state index >= 15 is 0 Å². The van der Waals surface area contributed by atoms with Gasteiger partial charge in [-0.2, -0.15) is 0 Å². The summed E-state index contributed by atoms with van der Waals surface area (Å²) < 4.78 is 6.66. The molecule has 88 valence electrons. The fourth-order valence-electron chi connectivity index (χ4n) is 2.36. The number of rotatable bonds is 3. The highest BCUT2D eigenvalue weighted by Crippen LogP contribution is 2.33. The van der Waals surface area contributed by atoms with Crippen LogP contribution >= 0.6 is 15.9 Å². The number of hydrogen-bond donors (Lipinski definition) is 1. The lowest BCUT2D eigenvalue weighted by Gasteiger charge is -2.23. The van der Waals surface area contributed by atoms with Gasteiger partial charge in [-0.25, -0.2) is 0 Å². The fraction of sp³-hybridized carbons (Fsp3) is 0.538. The van der Waals surface area contributed by atoms with Crippen LogP contribution in [0.4, 0.5) is 0 Å². The summed E-state index contributed by atoms with van der Waals surface area (Å²) >= 11 is 3.64. The van der Waals surface area contributed by atoms with E-state index in [0.29, 0.717) is 12.0 Å². The van der Waals surface area contributed by atoms with Gasteiger partial charge in [0, 0.05) is 23.0 Å². The van der Waals surface area contributed by atoms with Crippen LogP contribution in [0.2, 0.25) is 0 Å². The van der Waals surface area contributed by atoms with Crippen LogP contribution in [-0.2, 0) is 4.74 Å². The highest BCUT2D eigenvalue weighted by Gasteiger charge is 2.27. The van der Waals surface area contributed by atoms with Crippen molar-refractivity contribution in [1.29, 1.82) is 0 Å². The molecule has 0 saturated carbocycles. The number of halogens is 1. The number of ether oxygens (including phenoxy) is 1.